The maximum atomic E-state index is 13.5. The van der Waals surface area contributed by atoms with E-state index in [0.717, 1.165) is 31.6 Å². The lowest BCUT2D eigenvalue weighted by Gasteiger charge is -2.26. The van der Waals surface area contributed by atoms with Crippen molar-refractivity contribution >= 4 is 22.8 Å². The fourth-order valence-electron chi connectivity index (χ4n) is 4.47. The average molecular weight is 449 g/mol. The molecule has 33 heavy (non-hydrogen) atoms. The lowest BCUT2D eigenvalue weighted by Crippen LogP contribution is -2.33. The van der Waals surface area contributed by atoms with Gasteiger partial charge in [0, 0.05) is 6.54 Å². The van der Waals surface area contributed by atoms with Crippen LogP contribution in [0.3, 0.4) is 0 Å². The number of carbonyl (C=O) groups is 2. The number of nitrogens with zero attached hydrogens (tertiary/aromatic N) is 2. The predicted molar refractivity (Wildman–Crippen MR) is 126 cm³/mol. The molecule has 0 fully saturated rings. The molecule has 3 aromatic rings. The highest BCUT2D eigenvalue weighted by molar-refractivity contribution is 5.99. The maximum absolute atomic E-state index is 13.5. The van der Waals surface area contributed by atoms with Crippen LogP contribution in [0.25, 0.3) is 11.0 Å². The third-order valence-corrected chi connectivity index (χ3v) is 6.29. The molecule has 0 bridgehead atoms. The van der Waals surface area contributed by atoms with Crippen LogP contribution in [0, 0.1) is 0 Å². The molecule has 0 saturated carbocycles. The summed E-state index contributed by atoms with van der Waals surface area (Å²) in [6, 6.07) is 13.3. The fourth-order valence-corrected chi connectivity index (χ4v) is 4.47. The Morgan fingerprint density at radius 2 is 1.76 bits per heavy atom. The molecule has 0 spiro atoms. The zero-order valence-electron chi connectivity index (χ0n) is 19.2. The van der Waals surface area contributed by atoms with Gasteiger partial charge in [0.25, 0.3) is 5.91 Å². The number of fused-ring (bicyclic) bond motifs is 2. The number of carbonyl (C=O) groups excluding carboxylic acids is 2. The Balaban J connectivity index is 1.77. The van der Waals surface area contributed by atoms with E-state index in [-0.39, 0.29) is 17.1 Å². The molecule has 0 N–H and O–H groups in total. The van der Waals surface area contributed by atoms with E-state index in [0.29, 0.717) is 28.6 Å². The van der Waals surface area contributed by atoms with Crippen molar-refractivity contribution in [2.24, 2.45) is 0 Å². The largest absolute Gasteiger partial charge is 0.465 e. The highest BCUT2D eigenvalue weighted by atomic mass is 16.5. The second-order valence-corrected chi connectivity index (χ2v) is 8.07. The highest BCUT2D eigenvalue weighted by Crippen LogP contribution is 2.38. The predicted octanol–water partition coefficient (Wildman–Crippen LogP) is 3.86. The molecule has 1 amide bonds. The van der Waals surface area contributed by atoms with Gasteiger partial charge in [-0.15, -0.1) is 0 Å². The molecule has 1 atom stereocenters. The molecule has 4 rings (SSSR count). The monoisotopic (exact) mass is 448 g/mol. The summed E-state index contributed by atoms with van der Waals surface area (Å²) in [5.41, 5.74) is 1.71. The summed E-state index contributed by atoms with van der Waals surface area (Å²) in [4.78, 5) is 42.8. The number of amides is 1. The maximum Gasteiger partial charge on any atom is 0.337 e. The van der Waals surface area contributed by atoms with E-state index >= 15 is 0 Å². The van der Waals surface area contributed by atoms with Gasteiger partial charge in [0.15, 0.2) is 5.43 Å². The Hall–Kier alpha value is -3.45. The Kier molecular flexibility index (Phi) is 6.60. The topological polar surface area (TPSA) is 80.1 Å². The summed E-state index contributed by atoms with van der Waals surface area (Å²) in [5, 5.41) is 0.449. The molecule has 0 radical (unpaired) electrons. The van der Waals surface area contributed by atoms with Gasteiger partial charge in [0.05, 0.1) is 29.7 Å². The molecule has 1 aliphatic heterocycles. The lowest BCUT2D eigenvalue weighted by molar-refractivity contribution is 0.0599. The number of rotatable bonds is 8. The van der Waals surface area contributed by atoms with Crippen molar-refractivity contribution in [1.29, 1.82) is 0 Å². The summed E-state index contributed by atoms with van der Waals surface area (Å²) in [6.45, 7) is 7.44. The molecule has 2 aromatic carbocycles. The van der Waals surface area contributed by atoms with Gasteiger partial charge in [-0.25, -0.2) is 4.79 Å². The second kappa shape index (κ2) is 9.58. The number of para-hydroxylation sites is 1. The minimum absolute atomic E-state index is 0.101. The van der Waals surface area contributed by atoms with Gasteiger partial charge >= 0.3 is 5.97 Å². The van der Waals surface area contributed by atoms with E-state index in [1.165, 1.54) is 7.11 Å². The summed E-state index contributed by atoms with van der Waals surface area (Å²) in [7, 11) is 1.33. The Labute approximate surface area is 192 Å². The van der Waals surface area contributed by atoms with Crippen LogP contribution in [0.5, 0.6) is 0 Å². The van der Waals surface area contributed by atoms with Crippen molar-refractivity contribution in [2.45, 2.75) is 26.3 Å². The number of esters is 1. The molecular weight excluding hydrogens is 420 g/mol. The van der Waals surface area contributed by atoms with Crippen molar-refractivity contribution in [1.82, 2.24) is 9.80 Å². The van der Waals surface area contributed by atoms with Gasteiger partial charge in [-0.2, -0.15) is 0 Å². The molecule has 0 aliphatic carbocycles. The molecule has 1 aliphatic rings. The standard InChI is InChI=1S/C26H28N2O5/c1-4-27(5-2)15-8-16-28-22(17-11-13-18(14-12-17)26(31)32-3)21-23(29)19-9-6-7-10-20(19)33-24(21)25(28)30/h6-7,9-14,22H,4-5,8,15-16H2,1-3H3. The van der Waals surface area contributed by atoms with Crippen LogP contribution in [0.1, 0.15) is 58.3 Å². The first-order valence-corrected chi connectivity index (χ1v) is 11.3. The first-order chi connectivity index (χ1) is 16.0. The molecule has 7 heteroatoms. The minimum Gasteiger partial charge on any atom is -0.465 e. The van der Waals surface area contributed by atoms with Crippen molar-refractivity contribution < 1.29 is 18.7 Å². The molecule has 2 heterocycles. The Morgan fingerprint density at radius 1 is 1.06 bits per heavy atom. The van der Waals surface area contributed by atoms with Gasteiger partial charge in [-0.05, 0) is 55.9 Å². The van der Waals surface area contributed by atoms with Crippen molar-refractivity contribution in [3.8, 4) is 0 Å². The summed E-state index contributed by atoms with van der Waals surface area (Å²) < 4.78 is 10.7. The molecule has 1 aromatic heterocycles. The zero-order chi connectivity index (χ0) is 23.5. The van der Waals surface area contributed by atoms with Crippen LogP contribution in [0.2, 0.25) is 0 Å². The molecule has 1 unspecified atom stereocenters. The number of hydrogen-bond acceptors (Lipinski definition) is 6. The Morgan fingerprint density at radius 3 is 2.42 bits per heavy atom. The Bertz CT molecular complexity index is 1230. The first kappa shape index (κ1) is 22.7. The fraction of sp³-hybridized carbons (Fsp3) is 0.346. The molecule has 172 valence electrons. The smallest absolute Gasteiger partial charge is 0.337 e. The van der Waals surface area contributed by atoms with Crippen molar-refractivity contribution in [3.05, 3.63) is 81.2 Å². The van der Waals surface area contributed by atoms with Crippen LogP contribution in [0.4, 0.5) is 0 Å². The molecule has 7 nitrogen and oxygen atoms in total. The van der Waals surface area contributed by atoms with E-state index in [1.807, 2.05) is 0 Å². The SMILES string of the molecule is CCN(CC)CCCN1C(=O)c2oc3ccccc3c(=O)c2C1c1ccc(C(=O)OC)cc1. The average Bonchev–Trinajstić information content (AvgIpc) is 3.13. The lowest BCUT2D eigenvalue weighted by atomic mass is 9.97. The van der Waals surface area contributed by atoms with Crippen LogP contribution in [0.15, 0.2) is 57.7 Å². The van der Waals surface area contributed by atoms with Gasteiger partial charge in [0.2, 0.25) is 5.76 Å². The summed E-state index contributed by atoms with van der Waals surface area (Å²) in [6.07, 6.45) is 0.770. The van der Waals surface area contributed by atoms with E-state index in [9.17, 15) is 14.4 Å². The van der Waals surface area contributed by atoms with Gasteiger partial charge < -0.3 is 19.0 Å². The van der Waals surface area contributed by atoms with E-state index in [4.69, 9.17) is 9.15 Å². The summed E-state index contributed by atoms with van der Waals surface area (Å²) >= 11 is 0. The molecule has 0 saturated heterocycles. The number of benzene rings is 2. The second-order valence-electron chi connectivity index (χ2n) is 8.07. The number of methoxy groups -OCH3 is 1. The first-order valence-electron chi connectivity index (χ1n) is 11.3. The normalized spacial score (nSPS) is 15.3. The van der Waals surface area contributed by atoms with Crippen molar-refractivity contribution in [3.63, 3.8) is 0 Å². The number of ether oxygens (including phenoxy) is 1. The third kappa shape index (κ3) is 4.16. The van der Waals surface area contributed by atoms with Gasteiger partial charge in [-0.1, -0.05) is 38.1 Å². The van der Waals surface area contributed by atoms with Crippen LogP contribution >= 0.6 is 0 Å². The van der Waals surface area contributed by atoms with Crippen molar-refractivity contribution in [2.75, 3.05) is 33.3 Å². The highest BCUT2D eigenvalue weighted by Gasteiger charge is 2.42. The van der Waals surface area contributed by atoms with Crippen LogP contribution < -0.4 is 5.43 Å². The van der Waals surface area contributed by atoms with E-state index < -0.39 is 12.0 Å². The minimum atomic E-state index is -0.572. The quantitative estimate of drug-likeness (QED) is 0.487. The van der Waals surface area contributed by atoms with E-state index in [1.54, 1.807) is 53.4 Å². The van der Waals surface area contributed by atoms with E-state index in [2.05, 4.69) is 18.7 Å². The van der Waals surface area contributed by atoms with Gasteiger partial charge in [0.1, 0.15) is 5.58 Å². The number of hydrogen-bond donors (Lipinski definition) is 0. The van der Waals surface area contributed by atoms with Crippen LogP contribution in [-0.2, 0) is 4.74 Å². The summed E-state index contributed by atoms with van der Waals surface area (Å²) in [5.74, 6) is -0.621. The van der Waals surface area contributed by atoms with Crippen LogP contribution in [-0.4, -0.2) is 55.0 Å². The zero-order valence-corrected chi connectivity index (χ0v) is 19.2. The third-order valence-electron chi connectivity index (χ3n) is 6.29. The van der Waals surface area contributed by atoms with Gasteiger partial charge in [-0.3, -0.25) is 9.59 Å². The molecular formula is C26H28N2O5.